The first-order chi connectivity index (χ1) is 36.0. The van der Waals surface area contributed by atoms with Gasteiger partial charge in [-0.3, -0.25) is 18.6 Å². The number of nitrogens with zero attached hydrogens (tertiary/aromatic N) is 1. The molecule has 2 unspecified atom stereocenters. The SMILES string of the molecule is CC/C=C\C/C=C\C/C=C\C/C=C\CCCCCCCCCCCCCCCCCCCCCCCCCCCCCCC(=O)OC(COC(=O)CCCCCCCCCCC)COP(=O)(O)OCC[N+](C)(C)C. The maximum absolute atomic E-state index is 12.8. The number of esters is 2. The summed E-state index contributed by atoms with van der Waals surface area (Å²) in [4.78, 5) is 35.5. The minimum Gasteiger partial charge on any atom is -0.462 e. The summed E-state index contributed by atoms with van der Waals surface area (Å²) in [7, 11) is 1.49. The molecule has 10 heteroatoms. The molecule has 0 radical (unpaired) electrons. The predicted octanol–water partition coefficient (Wildman–Crippen LogP) is 19.7. The number of carbonyl (C=O) groups excluding carboxylic acids is 2. The van der Waals surface area contributed by atoms with Gasteiger partial charge in [-0.1, -0.05) is 281 Å². The van der Waals surface area contributed by atoms with E-state index in [9.17, 15) is 19.0 Å². The van der Waals surface area contributed by atoms with E-state index in [1.54, 1.807) is 0 Å². The Morgan fingerprint density at radius 3 is 1.15 bits per heavy atom. The van der Waals surface area contributed by atoms with Gasteiger partial charge in [0, 0.05) is 12.8 Å². The molecule has 0 aliphatic rings. The van der Waals surface area contributed by atoms with Crippen LogP contribution >= 0.6 is 7.82 Å². The standard InChI is InChI=1S/C64H120NO8P/c1-6-8-10-12-14-16-17-18-19-20-21-22-23-24-25-26-27-28-29-30-31-32-33-34-35-36-37-38-39-40-41-42-43-44-45-46-47-49-51-53-55-57-64(67)73-62(61-72-74(68,69)71-59-58-65(3,4)5)60-70-63(66)56-54-52-50-48-15-13-11-9-7-2/h8,10,14,16,18-19,21-22,62H,6-7,9,11-13,15,17,20,23-61H2,1-5H3/p+1/b10-8-,16-14-,19-18-,22-21-. The zero-order valence-electron chi connectivity index (χ0n) is 49.3. The molecule has 0 heterocycles. The Kier molecular flexibility index (Phi) is 54.2. The summed E-state index contributed by atoms with van der Waals surface area (Å²) in [5, 5.41) is 0. The van der Waals surface area contributed by atoms with Gasteiger partial charge >= 0.3 is 19.8 Å². The van der Waals surface area contributed by atoms with E-state index in [1.165, 1.54) is 205 Å². The fourth-order valence-electron chi connectivity index (χ4n) is 9.07. The highest BCUT2D eigenvalue weighted by molar-refractivity contribution is 7.47. The number of ether oxygens (including phenoxy) is 2. The van der Waals surface area contributed by atoms with Crippen molar-refractivity contribution in [1.82, 2.24) is 0 Å². The molecule has 0 aliphatic heterocycles. The van der Waals surface area contributed by atoms with Crippen molar-refractivity contribution in [3.05, 3.63) is 48.6 Å². The van der Waals surface area contributed by atoms with Crippen molar-refractivity contribution in [3.8, 4) is 0 Å². The van der Waals surface area contributed by atoms with Gasteiger partial charge in [0.1, 0.15) is 19.8 Å². The van der Waals surface area contributed by atoms with E-state index < -0.39 is 26.5 Å². The van der Waals surface area contributed by atoms with Crippen LogP contribution in [0.5, 0.6) is 0 Å². The van der Waals surface area contributed by atoms with Crippen LogP contribution in [0.1, 0.15) is 296 Å². The van der Waals surface area contributed by atoms with E-state index in [0.717, 1.165) is 57.8 Å². The molecule has 0 bridgehead atoms. The number of quaternary nitrogens is 1. The summed E-state index contributed by atoms with van der Waals surface area (Å²) < 4.78 is 34.4. The second-order valence-corrected chi connectivity index (χ2v) is 23.9. The van der Waals surface area contributed by atoms with Crippen molar-refractivity contribution >= 4 is 19.8 Å². The first-order valence-corrected chi connectivity index (χ1v) is 32.9. The lowest BCUT2D eigenvalue weighted by Gasteiger charge is -2.24. The summed E-state index contributed by atoms with van der Waals surface area (Å²) in [5.41, 5.74) is 0. The van der Waals surface area contributed by atoms with Crippen LogP contribution in [0.15, 0.2) is 48.6 Å². The summed E-state index contributed by atoms with van der Waals surface area (Å²) >= 11 is 0. The summed E-state index contributed by atoms with van der Waals surface area (Å²) in [6, 6.07) is 0. The molecule has 0 aromatic rings. The van der Waals surface area contributed by atoms with Gasteiger partial charge in [0.05, 0.1) is 27.7 Å². The average molecular weight is 1060 g/mol. The molecule has 0 aromatic carbocycles. The van der Waals surface area contributed by atoms with Crippen molar-refractivity contribution in [1.29, 1.82) is 0 Å². The summed E-state index contributed by atoms with van der Waals surface area (Å²) in [6.07, 6.45) is 71.0. The minimum atomic E-state index is -4.37. The molecule has 0 saturated heterocycles. The van der Waals surface area contributed by atoms with Crippen LogP contribution in [0.25, 0.3) is 0 Å². The number of phosphoric ester groups is 1. The van der Waals surface area contributed by atoms with Crippen LogP contribution in [0, 0.1) is 0 Å². The highest BCUT2D eigenvalue weighted by Gasteiger charge is 2.27. The molecule has 0 spiro atoms. The first-order valence-electron chi connectivity index (χ1n) is 31.4. The molecule has 0 saturated carbocycles. The van der Waals surface area contributed by atoms with Gasteiger partial charge in [-0.25, -0.2) is 4.57 Å². The molecule has 74 heavy (non-hydrogen) atoms. The van der Waals surface area contributed by atoms with Gasteiger partial charge in [-0.15, -0.1) is 0 Å². The molecule has 0 fully saturated rings. The number of hydrogen-bond donors (Lipinski definition) is 1. The largest absolute Gasteiger partial charge is 0.472 e. The van der Waals surface area contributed by atoms with Crippen molar-refractivity contribution < 1.29 is 42.1 Å². The van der Waals surface area contributed by atoms with E-state index in [2.05, 4.69) is 62.5 Å². The van der Waals surface area contributed by atoms with Gasteiger partial charge < -0.3 is 18.9 Å². The van der Waals surface area contributed by atoms with E-state index in [0.29, 0.717) is 23.9 Å². The molecular formula is C64H121NO8P+. The molecule has 0 aliphatic carbocycles. The Hall–Kier alpha value is -2.03. The number of hydrogen-bond acceptors (Lipinski definition) is 7. The molecule has 0 rings (SSSR count). The number of allylic oxidation sites excluding steroid dienone is 8. The maximum atomic E-state index is 12.8. The predicted molar refractivity (Wildman–Crippen MR) is 317 cm³/mol. The van der Waals surface area contributed by atoms with E-state index in [-0.39, 0.29) is 25.6 Å². The number of rotatable bonds is 58. The third-order valence-electron chi connectivity index (χ3n) is 13.9. The Morgan fingerprint density at radius 1 is 0.432 bits per heavy atom. The fourth-order valence-corrected chi connectivity index (χ4v) is 9.81. The van der Waals surface area contributed by atoms with Gasteiger partial charge in [0.15, 0.2) is 6.10 Å². The third-order valence-corrected chi connectivity index (χ3v) is 14.9. The summed E-state index contributed by atoms with van der Waals surface area (Å²) in [6.45, 7) is 4.33. The second kappa shape index (κ2) is 55.7. The van der Waals surface area contributed by atoms with E-state index in [1.807, 2.05) is 21.1 Å². The molecule has 0 amide bonds. The lowest BCUT2D eigenvalue weighted by molar-refractivity contribution is -0.870. The summed E-state index contributed by atoms with van der Waals surface area (Å²) in [5.74, 6) is -0.786. The van der Waals surface area contributed by atoms with Crippen LogP contribution in [0.4, 0.5) is 0 Å². The topological polar surface area (TPSA) is 108 Å². The Morgan fingerprint density at radius 2 is 0.770 bits per heavy atom. The van der Waals surface area contributed by atoms with E-state index in [4.69, 9.17) is 18.5 Å². The van der Waals surface area contributed by atoms with Gasteiger partial charge in [-0.05, 0) is 51.4 Å². The van der Waals surface area contributed by atoms with Crippen molar-refractivity contribution in [2.75, 3.05) is 47.5 Å². The number of likely N-dealkylation sites (N-methyl/N-ethyl adjacent to an activating group) is 1. The normalized spacial score (nSPS) is 13.5. The zero-order valence-corrected chi connectivity index (χ0v) is 50.2. The number of carbonyl (C=O) groups is 2. The lowest BCUT2D eigenvalue weighted by atomic mass is 10.0. The Bertz CT molecular complexity index is 1390. The van der Waals surface area contributed by atoms with Crippen LogP contribution in [-0.2, 0) is 32.7 Å². The monoisotopic (exact) mass is 1060 g/mol. The minimum absolute atomic E-state index is 0.0349. The molecule has 9 nitrogen and oxygen atoms in total. The van der Waals surface area contributed by atoms with Crippen LogP contribution in [-0.4, -0.2) is 74.9 Å². The molecule has 2 atom stereocenters. The second-order valence-electron chi connectivity index (χ2n) is 22.4. The Balaban J connectivity index is 3.77. The van der Waals surface area contributed by atoms with Crippen molar-refractivity contribution in [2.45, 2.75) is 302 Å². The first kappa shape index (κ1) is 72.0. The fraction of sp³-hybridized carbons (Fsp3) is 0.844. The molecular weight excluding hydrogens is 942 g/mol. The van der Waals surface area contributed by atoms with Crippen molar-refractivity contribution in [2.24, 2.45) is 0 Å². The zero-order chi connectivity index (χ0) is 54.2. The Labute approximate surface area is 458 Å². The molecule has 1 N–H and O–H groups in total. The highest BCUT2D eigenvalue weighted by atomic mass is 31.2. The number of unbranched alkanes of at least 4 members (excludes halogenated alkanes) is 36. The quantitative estimate of drug-likeness (QED) is 0.0211. The van der Waals surface area contributed by atoms with Crippen molar-refractivity contribution in [3.63, 3.8) is 0 Å². The van der Waals surface area contributed by atoms with Gasteiger partial charge in [0.25, 0.3) is 0 Å². The third kappa shape index (κ3) is 59.2. The number of phosphoric acid groups is 1. The highest BCUT2D eigenvalue weighted by Crippen LogP contribution is 2.43. The lowest BCUT2D eigenvalue weighted by Crippen LogP contribution is -2.37. The molecule has 434 valence electrons. The average Bonchev–Trinajstić information content (AvgIpc) is 3.36. The maximum Gasteiger partial charge on any atom is 0.472 e. The van der Waals surface area contributed by atoms with Crippen LogP contribution < -0.4 is 0 Å². The van der Waals surface area contributed by atoms with E-state index >= 15 is 0 Å². The smallest absolute Gasteiger partial charge is 0.462 e. The van der Waals surface area contributed by atoms with Crippen LogP contribution in [0.2, 0.25) is 0 Å². The molecule has 0 aromatic heterocycles. The van der Waals surface area contributed by atoms with Gasteiger partial charge in [0.2, 0.25) is 0 Å². The van der Waals surface area contributed by atoms with Crippen LogP contribution in [0.3, 0.4) is 0 Å². The van der Waals surface area contributed by atoms with Gasteiger partial charge in [-0.2, -0.15) is 0 Å².